The van der Waals surface area contributed by atoms with E-state index < -0.39 is 0 Å². The highest BCUT2D eigenvalue weighted by Gasteiger charge is 2.11. The molecule has 0 bridgehead atoms. The predicted octanol–water partition coefficient (Wildman–Crippen LogP) is 3.35. The second-order valence-electron chi connectivity index (χ2n) is 3.95. The SMILES string of the molecule is CCc1nc2cc(OC)c(Cl)cc2c(N)c1C. The second kappa shape index (κ2) is 4.41. The molecule has 0 spiro atoms. The van der Waals surface area contributed by atoms with Crippen molar-refractivity contribution in [1.82, 2.24) is 4.98 Å². The second-order valence-corrected chi connectivity index (χ2v) is 4.36. The molecule has 0 fully saturated rings. The van der Waals surface area contributed by atoms with Crippen molar-refractivity contribution in [1.29, 1.82) is 0 Å². The van der Waals surface area contributed by atoms with Crippen molar-refractivity contribution in [3.8, 4) is 5.75 Å². The van der Waals surface area contributed by atoms with Crippen molar-refractivity contribution in [2.75, 3.05) is 12.8 Å². The topological polar surface area (TPSA) is 48.1 Å². The molecule has 1 aromatic carbocycles. The molecule has 4 heteroatoms. The van der Waals surface area contributed by atoms with Gasteiger partial charge >= 0.3 is 0 Å². The molecule has 0 radical (unpaired) electrons. The zero-order valence-corrected chi connectivity index (χ0v) is 10.9. The molecule has 2 N–H and O–H groups in total. The van der Waals surface area contributed by atoms with Crippen LogP contribution in [0.2, 0.25) is 5.02 Å². The van der Waals surface area contributed by atoms with Gasteiger partial charge in [0.1, 0.15) is 5.75 Å². The van der Waals surface area contributed by atoms with Gasteiger partial charge in [-0.25, -0.2) is 0 Å². The van der Waals surface area contributed by atoms with Crippen molar-refractivity contribution < 1.29 is 4.74 Å². The van der Waals surface area contributed by atoms with Crippen LogP contribution in [0.1, 0.15) is 18.2 Å². The Hall–Kier alpha value is -1.48. The highest BCUT2D eigenvalue weighted by molar-refractivity contribution is 6.33. The Labute approximate surface area is 106 Å². The Kier molecular flexibility index (Phi) is 3.11. The van der Waals surface area contributed by atoms with E-state index in [2.05, 4.69) is 11.9 Å². The van der Waals surface area contributed by atoms with Crippen molar-refractivity contribution in [3.63, 3.8) is 0 Å². The third-order valence-corrected chi connectivity index (χ3v) is 3.28. The van der Waals surface area contributed by atoms with Crippen LogP contribution in [0.15, 0.2) is 12.1 Å². The maximum absolute atomic E-state index is 6.12. The van der Waals surface area contributed by atoms with E-state index in [1.807, 2.05) is 19.1 Å². The van der Waals surface area contributed by atoms with Crippen LogP contribution in [0, 0.1) is 6.92 Å². The van der Waals surface area contributed by atoms with Gasteiger partial charge in [-0.2, -0.15) is 0 Å². The van der Waals surface area contributed by atoms with Crippen molar-refractivity contribution >= 4 is 28.2 Å². The third kappa shape index (κ3) is 1.91. The van der Waals surface area contributed by atoms with Gasteiger partial charge in [0.05, 0.1) is 17.6 Å². The van der Waals surface area contributed by atoms with Gasteiger partial charge in [0, 0.05) is 22.8 Å². The maximum Gasteiger partial charge on any atom is 0.139 e. The Morgan fingerprint density at radius 2 is 2.12 bits per heavy atom. The zero-order chi connectivity index (χ0) is 12.6. The number of aryl methyl sites for hydroxylation is 1. The minimum atomic E-state index is 0.553. The lowest BCUT2D eigenvalue weighted by Crippen LogP contribution is -2.00. The van der Waals surface area contributed by atoms with Gasteiger partial charge < -0.3 is 10.5 Å². The van der Waals surface area contributed by atoms with Crippen LogP contribution in [0.25, 0.3) is 10.9 Å². The Balaban J connectivity index is 2.82. The molecule has 3 nitrogen and oxygen atoms in total. The number of methoxy groups -OCH3 is 1. The fraction of sp³-hybridized carbons (Fsp3) is 0.308. The summed E-state index contributed by atoms with van der Waals surface area (Å²) in [6, 6.07) is 3.64. The molecule has 0 aliphatic heterocycles. The predicted molar refractivity (Wildman–Crippen MR) is 71.8 cm³/mol. The van der Waals surface area contributed by atoms with E-state index in [1.165, 1.54) is 0 Å². The fourth-order valence-electron chi connectivity index (χ4n) is 1.94. The molecule has 0 saturated carbocycles. The normalized spacial score (nSPS) is 10.8. The smallest absolute Gasteiger partial charge is 0.139 e. The number of fused-ring (bicyclic) bond motifs is 1. The third-order valence-electron chi connectivity index (χ3n) is 2.99. The highest BCUT2D eigenvalue weighted by atomic mass is 35.5. The molecule has 0 unspecified atom stereocenters. The number of hydrogen-bond acceptors (Lipinski definition) is 3. The van der Waals surface area contributed by atoms with Crippen molar-refractivity contribution in [2.24, 2.45) is 0 Å². The summed E-state index contributed by atoms with van der Waals surface area (Å²) >= 11 is 6.09. The molecule has 1 heterocycles. The van der Waals surface area contributed by atoms with Crippen LogP contribution < -0.4 is 10.5 Å². The minimum Gasteiger partial charge on any atom is -0.495 e. The van der Waals surface area contributed by atoms with E-state index in [0.29, 0.717) is 10.8 Å². The molecule has 0 aliphatic carbocycles. The number of nitrogens with zero attached hydrogens (tertiary/aromatic N) is 1. The fourth-order valence-corrected chi connectivity index (χ4v) is 2.18. The van der Waals surface area contributed by atoms with E-state index in [1.54, 1.807) is 7.11 Å². The number of ether oxygens (including phenoxy) is 1. The number of benzene rings is 1. The van der Waals surface area contributed by atoms with Crippen molar-refractivity contribution in [3.05, 3.63) is 28.4 Å². The lowest BCUT2D eigenvalue weighted by Gasteiger charge is -2.12. The van der Waals surface area contributed by atoms with Gasteiger partial charge in [0.25, 0.3) is 0 Å². The van der Waals surface area contributed by atoms with Crippen LogP contribution in [0.5, 0.6) is 5.75 Å². The summed E-state index contributed by atoms with van der Waals surface area (Å²) in [6.45, 7) is 4.05. The molecular weight excluding hydrogens is 236 g/mol. The van der Waals surface area contributed by atoms with E-state index in [9.17, 15) is 0 Å². The molecule has 2 aromatic rings. The summed E-state index contributed by atoms with van der Waals surface area (Å²) in [5.74, 6) is 0.622. The molecule has 0 amide bonds. The molecular formula is C13H15ClN2O. The average Bonchev–Trinajstić information content (AvgIpc) is 2.34. The van der Waals surface area contributed by atoms with Crippen LogP contribution in [0.3, 0.4) is 0 Å². The van der Waals surface area contributed by atoms with Gasteiger partial charge in [0.15, 0.2) is 0 Å². The number of hydrogen-bond donors (Lipinski definition) is 1. The van der Waals surface area contributed by atoms with E-state index in [0.717, 1.165) is 34.3 Å². The minimum absolute atomic E-state index is 0.553. The summed E-state index contributed by atoms with van der Waals surface area (Å²) in [5, 5.41) is 1.43. The number of nitrogens with two attached hydrogens (primary N) is 1. The first-order valence-electron chi connectivity index (χ1n) is 5.50. The van der Waals surface area contributed by atoms with E-state index in [-0.39, 0.29) is 0 Å². The van der Waals surface area contributed by atoms with Gasteiger partial charge in [0.2, 0.25) is 0 Å². The lowest BCUT2D eigenvalue weighted by atomic mass is 10.1. The van der Waals surface area contributed by atoms with Gasteiger partial charge in [-0.1, -0.05) is 18.5 Å². The lowest BCUT2D eigenvalue weighted by molar-refractivity contribution is 0.415. The van der Waals surface area contributed by atoms with E-state index in [4.69, 9.17) is 22.1 Å². The summed E-state index contributed by atoms with van der Waals surface area (Å²) in [7, 11) is 1.59. The van der Waals surface area contributed by atoms with Crippen LogP contribution >= 0.6 is 11.6 Å². The first-order chi connectivity index (χ1) is 8.08. The van der Waals surface area contributed by atoms with Crippen LogP contribution in [-0.2, 0) is 6.42 Å². The number of anilines is 1. The zero-order valence-electron chi connectivity index (χ0n) is 10.2. The number of aromatic nitrogens is 1. The molecule has 17 heavy (non-hydrogen) atoms. The molecule has 2 rings (SSSR count). The Morgan fingerprint density at radius 1 is 1.41 bits per heavy atom. The molecule has 0 saturated heterocycles. The number of rotatable bonds is 2. The Bertz CT molecular complexity index is 576. The summed E-state index contributed by atoms with van der Waals surface area (Å²) < 4.78 is 5.18. The Morgan fingerprint density at radius 3 is 2.71 bits per heavy atom. The summed E-state index contributed by atoms with van der Waals surface area (Å²) in [4.78, 5) is 4.59. The first kappa shape index (κ1) is 12.0. The van der Waals surface area contributed by atoms with Gasteiger partial charge in [-0.3, -0.25) is 4.98 Å². The molecule has 90 valence electrons. The van der Waals surface area contributed by atoms with Crippen LogP contribution in [-0.4, -0.2) is 12.1 Å². The van der Waals surface area contributed by atoms with Crippen molar-refractivity contribution in [2.45, 2.75) is 20.3 Å². The monoisotopic (exact) mass is 250 g/mol. The maximum atomic E-state index is 6.12. The largest absolute Gasteiger partial charge is 0.495 e. The first-order valence-corrected chi connectivity index (χ1v) is 5.88. The van der Waals surface area contributed by atoms with E-state index >= 15 is 0 Å². The molecule has 0 atom stereocenters. The van der Waals surface area contributed by atoms with Gasteiger partial charge in [-0.15, -0.1) is 0 Å². The van der Waals surface area contributed by atoms with Gasteiger partial charge in [-0.05, 0) is 25.0 Å². The highest BCUT2D eigenvalue weighted by Crippen LogP contribution is 2.33. The quantitative estimate of drug-likeness (QED) is 0.889. The standard InChI is InChI=1S/C13H15ClN2O/c1-4-10-7(2)13(15)8-5-9(14)12(17-3)6-11(8)16-10/h5-6H,4H2,1-3H3,(H2,15,16). The number of nitrogen functional groups attached to an aromatic ring is 1. The molecule has 1 aromatic heterocycles. The average molecular weight is 251 g/mol. The summed E-state index contributed by atoms with van der Waals surface area (Å²) in [6.07, 6.45) is 0.858. The number of halogens is 1. The van der Waals surface area contributed by atoms with Crippen LogP contribution in [0.4, 0.5) is 5.69 Å². The molecule has 0 aliphatic rings. The number of pyridine rings is 1. The summed E-state index contributed by atoms with van der Waals surface area (Å²) in [5.41, 5.74) is 9.73.